The van der Waals surface area contributed by atoms with E-state index in [0.717, 1.165) is 34.9 Å². The molecule has 1 aromatic carbocycles. The highest BCUT2D eigenvalue weighted by Crippen LogP contribution is 2.38. The van der Waals surface area contributed by atoms with Crippen molar-refractivity contribution in [3.8, 4) is 0 Å². The van der Waals surface area contributed by atoms with Crippen molar-refractivity contribution in [3.05, 3.63) is 29.5 Å². The second kappa shape index (κ2) is 4.97. The zero-order valence-electron chi connectivity index (χ0n) is 13.6. The van der Waals surface area contributed by atoms with E-state index in [0.29, 0.717) is 12.2 Å². The van der Waals surface area contributed by atoms with Crippen molar-refractivity contribution in [3.63, 3.8) is 0 Å². The number of aromatic amines is 1. The van der Waals surface area contributed by atoms with Gasteiger partial charge in [0.15, 0.2) is 6.29 Å². The molecule has 0 spiro atoms. The summed E-state index contributed by atoms with van der Waals surface area (Å²) < 4.78 is 0. The molecule has 1 amide bonds. The van der Waals surface area contributed by atoms with E-state index in [2.05, 4.69) is 18.8 Å². The van der Waals surface area contributed by atoms with Gasteiger partial charge in [0.2, 0.25) is 5.91 Å². The van der Waals surface area contributed by atoms with Crippen molar-refractivity contribution in [2.24, 2.45) is 11.3 Å². The summed E-state index contributed by atoms with van der Waals surface area (Å²) in [5, 5.41) is 1.05. The minimum atomic E-state index is -0.386. The van der Waals surface area contributed by atoms with E-state index in [1.807, 2.05) is 36.9 Å². The number of nitrogens with zero attached hydrogens (tertiary/aromatic N) is 1. The van der Waals surface area contributed by atoms with Crippen LogP contribution in [0.15, 0.2) is 18.2 Å². The quantitative estimate of drug-likeness (QED) is 0.881. The fourth-order valence-electron chi connectivity index (χ4n) is 3.00. The molecule has 1 aliphatic rings. The van der Waals surface area contributed by atoms with Crippen LogP contribution >= 0.6 is 0 Å². The number of hydrogen-bond donors (Lipinski definition) is 1. The van der Waals surface area contributed by atoms with Gasteiger partial charge in [-0.2, -0.15) is 0 Å². The van der Waals surface area contributed by atoms with Gasteiger partial charge in [0.25, 0.3) is 0 Å². The van der Waals surface area contributed by atoms with Gasteiger partial charge in [-0.1, -0.05) is 27.7 Å². The Kier molecular flexibility index (Phi) is 3.35. The molecule has 4 heteroatoms. The summed E-state index contributed by atoms with van der Waals surface area (Å²) in [4.78, 5) is 28.9. The van der Waals surface area contributed by atoms with Gasteiger partial charge < -0.3 is 9.88 Å². The van der Waals surface area contributed by atoms with Gasteiger partial charge in [0, 0.05) is 28.6 Å². The van der Waals surface area contributed by atoms with E-state index in [1.54, 1.807) is 0 Å². The molecule has 1 aromatic heterocycles. The first-order valence-electron chi connectivity index (χ1n) is 7.78. The molecule has 4 nitrogen and oxygen atoms in total. The van der Waals surface area contributed by atoms with Gasteiger partial charge in [-0.05, 0) is 36.1 Å². The molecule has 22 heavy (non-hydrogen) atoms. The van der Waals surface area contributed by atoms with Gasteiger partial charge >= 0.3 is 0 Å². The van der Waals surface area contributed by atoms with Crippen LogP contribution in [0.1, 0.15) is 43.7 Å². The number of H-pyrrole nitrogens is 1. The Morgan fingerprint density at radius 2 is 2.09 bits per heavy atom. The maximum atomic E-state index is 12.9. The first-order chi connectivity index (χ1) is 10.4. The summed E-state index contributed by atoms with van der Waals surface area (Å²) in [6.07, 6.45) is 1.66. The summed E-state index contributed by atoms with van der Waals surface area (Å²) >= 11 is 0. The zero-order chi connectivity index (χ0) is 16.1. The standard InChI is InChI=1S/C18H22N2O2/c1-11(2)18(3,4)17(22)20-8-7-13-14-9-12(10-21)19-15(14)5-6-16(13)20/h5-6,9-11,19H,7-8H2,1-4H3. The molecular formula is C18H22N2O2. The fraction of sp³-hybridized carbons (Fsp3) is 0.444. The molecule has 0 aliphatic carbocycles. The molecule has 2 heterocycles. The Balaban J connectivity index is 2.05. The predicted molar refractivity (Wildman–Crippen MR) is 88.4 cm³/mol. The van der Waals surface area contributed by atoms with Crippen molar-refractivity contribution in [1.29, 1.82) is 0 Å². The van der Waals surface area contributed by atoms with Crippen LogP contribution in [-0.2, 0) is 11.2 Å². The van der Waals surface area contributed by atoms with Crippen molar-refractivity contribution >= 4 is 28.8 Å². The Bertz CT molecular complexity index is 756. The number of fused-ring (bicyclic) bond motifs is 3. The summed E-state index contributed by atoms with van der Waals surface area (Å²) in [7, 11) is 0. The smallest absolute Gasteiger partial charge is 0.232 e. The SMILES string of the molecule is CC(C)C(C)(C)C(=O)N1CCc2c1ccc1[nH]c(C=O)cc21. The maximum absolute atomic E-state index is 12.9. The number of rotatable bonds is 3. The minimum absolute atomic E-state index is 0.173. The lowest BCUT2D eigenvalue weighted by Crippen LogP contribution is -2.42. The van der Waals surface area contributed by atoms with Gasteiger partial charge in [-0.15, -0.1) is 0 Å². The van der Waals surface area contributed by atoms with Crippen LogP contribution in [0.5, 0.6) is 0 Å². The maximum Gasteiger partial charge on any atom is 0.232 e. The first-order valence-corrected chi connectivity index (χ1v) is 7.78. The largest absolute Gasteiger partial charge is 0.352 e. The molecule has 0 saturated carbocycles. The molecule has 0 bridgehead atoms. The van der Waals surface area contributed by atoms with Crippen LogP contribution < -0.4 is 4.90 Å². The van der Waals surface area contributed by atoms with Crippen LogP contribution in [-0.4, -0.2) is 23.7 Å². The lowest BCUT2D eigenvalue weighted by Gasteiger charge is -2.32. The third kappa shape index (κ3) is 2.05. The Morgan fingerprint density at radius 1 is 1.36 bits per heavy atom. The van der Waals surface area contributed by atoms with Gasteiger partial charge in [-0.25, -0.2) is 0 Å². The van der Waals surface area contributed by atoms with E-state index < -0.39 is 0 Å². The molecule has 1 N–H and O–H groups in total. The number of carbonyl (C=O) groups is 2. The van der Waals surface area contributed by atoms with E-state index in [1.165, 1.54) is 0 Å². The first kappa shape index (κ1) is 14.8. The molecule has 0 atom stereocenters. The molecular weight excluding hydrogens is 276 g/mol. The molecule has 1 aliphatic heterocycles. The average molecular weight is 298 g/mol. The normalized spacial score (nSPS) is 14.7. The number of benzene rings is 1. The highest BCUT2D eigenvalue weighted by Gasteiger charge is 2.38. The van der Waals surface area contributed by atoms with Crippen LogP contribution in [0, 0.1) is 11.3 Å². The lowest BCUT2D eigenvalue weighted by atomic mass is 9.80. The molecule has 0 radical (unpaired) electrons. The van der Waals surface area contributed by atoms with Gasteiger partial charge in [0.1, 0.15) is 0 Å². The number of aldehydes is 1. The summed E-state index contributed by atoms with van der Waals surface area (Å²) in [5.74, 6) is 0.452. The molecule has 2 aromatic rings. The third-order valence-electron chi connectivity index (χ3n) is 5.15. The minimum Gasteiger partial charge on any atom is -0.352 e. The van der Waals surface area contributed by atoms with Crippen molar-refractivity contribution in [2.45, 2.75) is 34.1 Å². The van der Waals surface area contributed by atoms with Crippen LogP contribution in [0.3, 0.4) is 0 Å². The number of nitrogens with one attached hydrogen (secondary N) is 1. The predicted octanol–water partition coefficient (Wildman–Crippen LogP) is 3.55. The molecule has 0 saturated heterocycles. The van der Waals surface area contributed by atoms with Crippen LogP contribution in [0.2, 0.25) is 0 Å². The highest BCUT2D eigenvalue weighted by atomic mass is 16.2. The van der Waals surface area contributed by atoms with E-state index in [-0.39, 0.29) is 17.2 Å². The van der Waals surface area contributed by atoms with Crippen LogP contribution in [0.25, 0.3) is 10.9 Å². The summed E-state index contributed by atoms with van der Waals surface area (Å²) in [5.41, 5.74) is 3.30. The Morgan fingerprint density at radius 3 is 2.73 bits per heavy atom. The third-order valence-corrected chi connectivity index (χ3v) is 5.15. The Hall–Kier alpha value is -2.10. The van der Waals surface area contributed by atoms with Crippen molar-refractivity contribution < 1.29 is 9.59 Å². The van der Waals surface area contributed by atoms with Gasteiger partial charge in [-0.3, -0.25) is 9.59 Å². The molecule has 116 valence electrons. The highest BCUT2D eigenvalue weighted by molar-refractivity contribution is 6.03. The molecule has 0 fully saturated rings. The van der Waals surface area contributed by atoms with E-state index >= 15 is 0 Å². The number of anilines is 1. The molecule has 0 unspecified atom stereocenters. The van der Waals surface area contributed by atoms with E-state index in [9.17, 15) is 9.59 Å². The van der Waals surface area contributed by atoms with Crippen molar-refractivity contribution in [1.82, 2.24) is 4.98 Å². The summed E-state index contributed by atoms with van der Waals surface area (Å²) in [6, 6.07) is 5.82. The number of hydrogen-bond acceptors (Lipinski definition) is 2. The van der Waals surface area contributed by atoms with E-state index in [4.69, 9.17) is 0 Å². The Labute approximate surface area is 130 Å². The lowest BCUT2D eigenvalue weighted by molar-refractivity contribution is -0.128. The molecule has 3 rings (SSSR count). The number of carbonyl (C=O) groups excluding carboxylic acids is 2. The average Bonchev–Trinajstić information content (AvgIpc) is 3.08. The zero-order valence-corrected chi connectivity index (χ0v) is 13.6. The fourth-order valence-corrected chi connectivity index (χ4v) is 3.00. The number of aromatic nitrogens is 1. The van der Waals surface area contributed by atoms with Crippen molar-refractivity contribution in [2.75, 3.05) is 11.4 Å². The number of amides is 1. The van der Waals surface area contributed by atoms with Crippen LogP contribution in [0.4, 0.5) is 5.69 Å². The topological polar surface area (TPSA) is 53.2 Å². The second-order valence-electron chi connectivity index (χ2n) is 6.95. The second-order valence-corrected chi connectivity index (χ2v) is 6.95. The monoisotopic (exact) mass is 298 g/mol. The summed E-state index contributed by atoms with van der Waals surface area (Å²) in [6.45, 7) is 8.90. The van der Waals surface area contributed by atoms with Gasteiger partial charge in [0.05, 0.1) is 5.69 Å².